The Morgan fingerprint density at radius 1 is 0.782 bits per heavy atom. The molecule has 3 aromatic heterocycles. The van der Waals surface area contributed by atoms with E-state index in [1.54, 1.807) is 12.1 Å². The van der Waals surface area contributed by atoms with Crippen molar-refractivity contribution < 1.29 is 34.4 Å². The van der Waals surface area contributed by atoms with Crippen LogP contribution in [0.15, 0.2) is 138 Å². The summed E-state index contributed by atoms with van der Waals surface area (Å²) in [5, 5.41) is 1.64. The van der Waals surface area contributed by atoms with Crippen molar-refractivity contribution >= 4 is 33.0 Å². The fraction of sp³-hybridized carbons (Fsp3) is 0.146. The van der Waals surface area contributed by atoms with Gasteiger partial charge in [0.15, 0.2) is 0 Å². The van der Waals surface area contributed by atoms with Crippen LogP contribution >= 0.6 is 0 Å². The van der Waals surface area contributed by atoms with E-state index in [0.29, 0.717) is 40.3 Å². The van der Waals surface area contributed by atoms with Gasteiger partial charge in [0.25, 0.3) is 0 Å². The molecule has 0 spiro atoms. The van der Waals surface area contributed by atoms with E-state index in [9.17, 15) is 4.39 Å². The smallest absolute Gasteiger partial charge is 0.121 e. The molecule has 5 nitrogen and oxygen atoms in total. The molecule has 0 fully saturated rings. The zero-order valence-corrected chi connectivity index (χ0v) is 33.1. The number of halogens is 1. The summed E-state index contributed by atoms with van der Waals surface area (Å²) in [7, 11) is 0. The third kappa shape index (κ3) is 7.38. The monoisotopic (exact) mass is 903 g/mol. The van der Waals surface area contributed by atoms with Crippen molar-refractivity contribution in [3.63, 3.8) is 0 Å². The molecular weight excluding hydrogens is 860 g/mol. The van der Waals surface area contributed by atoms with Gasteiger partial charge in [-0.25, -0.2) is 4.98 Å². The minimum atomic E-state index is -2.33. The molecule has 3 heterocycles. The number of furan rings is 1. The van der Waals surface area contributed by atoms with E-state index < -0.39 is 6.85 Å². The van der Waals surface area contributed by atoms with Crippen LogP contribution in [-0.4, -0.2) is 19.5 Å². The molecule has 275 valence electrons. The Morgan fingerprint density at radius 2 is 1.55 bits per heavy atom. The van der Waals surface area contributed by atoms with E-state index in [-0.39, 0.29) is 31.6 Å². The summed E-state index contributed by atoms with van der Waals surface area (Å²) < 4.78 is 53.4. The summed E-state index contributed by atoms with van der Waals surface area (Å²) >= 11 is 0. The van der Waals surface area contributed by atoms with E-state index in [4.69, 9.17) is 14.9 Å². The zero-order valence-electron chi connectivity index (χ0n) is 34.7. The predicted octanol–water partition coefficient (Wildman–Crippen LogP) is 12.7. The average Bonchev–Trinajstić information content (AvgIpc) is 3.81. The summed E-state index contributed by atoms with van der Waals surface area (Å²) in [6, 6.07) is 44.3. The van der Waals surface area contributed by atoms with Crippen molar-refractivity contribution in [3.05, 3.63) is 168 Å². The normalized spacial score (nSPS) is 12.6. The molecule has 0 aliphatic carbocycles. The van der Waals surface area contributed by atoms with Crippen LogP contribution in [0.25, 0.3) is 72.4 Å². The number of rotatable bonds is 6. The summed E-state index contributed by atoms with van der Waals surface area (Å²) in [6.07, 6.45) is 1.23. The number of imidazole rings is 1. The second-order valence-electron chi connectivity index (χ2n) is 13.7. The zero-order chi connectivity index (χ0) is 40.7. The second kappa shape index (κ2) is 15.9. The number of hydrogen-bond donors (Lipinski definition) is 0. The Hall–Kier alpha value is -5.75. The van der Waals surface area contributed by atoms with Crippen molar-refractivity contribution in [2.24, 2.45) is 0 Å². The number of benzene rings is 6. The van der Waals surface area contributed by atoms with Crippen LogP contribution in [0.4, 0.5) is 4.39 Å². The number of para-hydroxylation sites is 3. The van der Waals surface area contributed by atoms with Gasteiger partial charge in [-0.3, -0.25) is 14.4 Å². The van der Waals surface area contributed by atoms with Crippen LogP contribution in [0.3, 0.4) is 0 Å². The van der Waals surface area contributed by atoms with Crippen LogP contribution < -0.4 is 0 Å². The standard InChI is InChI=1S/C25H24FN2.C23H15N2O.Ir/c1-16(2)20-8-7-9-21(17(3)4)24(20)28-23-11-6-5-10-22(23)27-25(28)18-12-14-19(26)15-13-18;1-15-12-21(25-14-24-15)20-9-5-8-19-18-11-10-17(13-22(18)26-23(19)20)16-6-3-2-4-7-16;/h5-12,14-17H,1-4H3;2-8,10-14H,1H3;/q2*-1;/i;1D3,13D;. The molecule has 9 rings (SSSR count). The Kier molecular flexibility index (Phi) is 9.46. The first-order valence-electron chi connectivity index (χ1n) is 19.9. The first-order chi connectivity index (χ1) is 27.9. The molecule has 0 aliphatic rings. The molecule has 0 saturated heterocycles. The van der Waals surface area contributed by atoms with Gasteiger partial charge in [0, 0.05) is 46.8 Å². The van der Waals surface area contributed by atoms with E-state index in [1.165, 1.54) is 41.3 Å². The molecule has 0 aliphatic heterocycles. The van der Waals surface area contributed by atoms with Crippen molar-refractivity contribution in [2.45, 2.75) is 46.4 Å². The maximum absolute atomic E-state index is 13.5. The van der Waals surface area contributed by atoms with Gasteiger partial charge in [-0.15, -0.1) is 48.0 Å². The molecule has 0 amide bonds. The summed E-state index contributed by atoms with van der Waals surface area (Å²) in [6.45, 7) is 6.52. The van der Waals surface area contributed by atoms with Crippen LogP contribution in [-0.2, 0) is 20.1 Å². The van der Waals surface area contributed by atoms with E-state index in [2.05, 4.69) is 78.6 Å². The molecule has 55 heavy (non-hydrogen) atoms. The van der Waals surface area contributed by atoms with Gasteiger partial charge in [0.2, 0.25) is 0 Å². The Morgan fingerprint density at radius 3 is 2.27 bits per heavy atom. The van der Waals surface area contributed by atoms with Crippen LogP contribution in [0.2, 0.25) is 0 Å². The second-order valence-corrected chi connectivity index (χ2v) is 13.7. The Bertz CT molecular complexity index is 2900. The van der Waals surface area contributed by atoms with E-state index >= 15 is 0 Å². The van der Waals surface area contributed by atoms with Crippen LogP contribution in [0, 0.1) is 24.8 Å². The molecule has 1 radical (unpaired) electrons. The minimum Gasteiger partial charge on any atom is -0.501 e. The number of hydrogen-bond acceptors (Lipinski definition) is 4. The van der Waals surface area contributed by atoms with E-state index in [1.807, 2.05) is 66.7 Å². The van der Waals surface area contributed by atoms with E-state index in [0.717, 1.165) is 44.3 Å². The molecular formula is C48H39FIrN4O-2. The molecule has 0 saturated carbocycles. The number of aryl methyl sites for hydroxylation is 1. The Labute approximate surface area is 339 Å². The molecule has 0 N–H and O–H groups in total. The number of aromatic nitrogens is 4. The fourth-order valence-electron chi connectivity index (χ4n) is 6.89. The maximum atomic E-state index is 13.5. The molecule has 9 aromatic rings. The fourth-order valence-corrected chi connectivity index (χ4v) is 6.89. The molecule has 0 bridgehead atoms. The third-order valence-corrected chi connectivity index (χ3v) is 9.50. The summed E-state index contributed by atoms with van der Waals surface area (Å²) in [5.74, 6) is 1.22. The SMILES string of the molecule is CC(C)c1cccc(C(C)C)c1-n1c(-c2[c-]cc(F)cc2)nc2ccccc21.[2H]c1c(-c2ccccc2)ccc2c1oc1c(-c3cc(C([2H])([2H])[2H])ncn3)[c-]ccc12.[Ir]. The first kappa shape index (κ1) is 32.7. The molecule has 6 aromatic carbocycles. The average molecular weight is 903 g/mol. The van der Waals surface area contributed by atoms with Gasteiger partial charge in [-0.2, -0.15) is 0 Å². The van der Waals surface area contributed by atoms with Gasteiger partial charge in [-0.1, -0.05) is 118 Å². The van der Waals surface area contributed by atoms with Crippen LogP contribution in [0.5, 0.6) is 0 Å². The van der Waals surface area contributed by atoms with Gasteiger partial charge in [-0.05, 0) is 64.8 Å². The van der Waals surface area contributed by atoms with Gasteiger partial charge < -0.3 is 8.98 Å². The molecule has 0 atom stereocenters. The van der Waals surface area contributed by atoms with Gasteiger partial charge in [0.1, 0.15) is 11.9 Å². The third-order valence-electron chi connectivity index (χ3n) is 9.50. The predicted molar refractivity (Wildman–Crippen MR) is 217 cm³/mol. The van der Waals surface area contributed by atoms with Crippen molar-refractivity contribution in [1.82, 2.24) is 19.5 Å². The summed E-state index contributed by atoms with van der Waals surface area (Å²) in [4.78, 5) is 13.0. The Balaban J connectivity index is 0.000000177. The van der Waals surface area contributed by atoms with Gasteiger partial charge in [0.05, 0.1) is 23.8 Å². The quantitative estimate of drug-likeness (QED) is 0.156. The molecule has 0 unspecified atom stereocenters. The van der Waals surface area contributed by atoms with Crippen LogP contribution in [0.1, 0.15) is 61.8 Å². The number of fused-ring (bicyclic) bond motifs is 4. The van der Waals surface area contributed by atoms with Crippen molar-refractivity contribution in [1.29, 1.82) is 0 Å². The largest absolute Gasteiger partial charge is 0.501 e. The summed E-state index contributed by atoms with van der Waals surface area (Å²) in [5.41, 5.74) is 10.1. The first-order valence-corrected chi connectivity index (χ1v) is 17.9. The maximum Gasteiger partial charge on any atom is 0.121 e. The topological polar surface area (TPSA) is 56.7 Å². The van der Waals surface area contributed by atoms with Crippen molar-refractivity contribution in [3.8, 4) is 39.5 Å². The minimum absolute atomic E-state index is 0. The van der Waals surface area contributed by atoms with Crippen molar-refractivity contribution in [2.75, 3.05) is 0 Å². The van der Waals surface area contributed by atoms with Gasteiger partial charge >= 0.3 is 0 Å². The number of nitrogens with zero attached hydrogens (tertiary/aromatic N) is 4. The molecule has 7 heteroatoms.